The second kappa shape index (κ2) is 7.99. The SMILES string of the molecule is CC1CCN(CCCNC(=O)[C@H]2CCCN(C)C2)CC1. The molecule has 0 bridgehead atoms. The summed E-state index contributed by atoms with van der Waals surface area (Å²) >= 11 is 0. The number of likely N-dealkylation sites (tertiary alicyclic amines) is 2. The van der Waals surface area contributed by atoms with Crippen molar-refractivity contribution in [1.82, 2.24) is 15.1 Å². The van der Waals surface area contributed by atoms with E-state index >= 15 is 0 Å². The Morgan fingerprint density at radius 3 is 2.65 bits per heavy atom. The van der Waals surface area contributed by atoms with E-state index in [1.165, 1.54) is 25.9 Å². The molecular formula is C16H31N3O. The van der Waals surface area contributed by atoms with E-state index in [0.29, 0.717) is 0 Å². The van der Waals surface area contributed by atoms with E-state index in [1.54, 1.807) is 0 Å². The molecule has 0 aliphatic carbocycles. The van der Waals surface area contributed by atoms with Gasteiger partial charge >= 0.3 is 0 Å². The largest absolute Gasteiger partial charge is 0.356 e. The summed E-state index contributed by atoms with van der Waals surface area (Å²) in [5.74, 6) is 1.38. The van der Waals surface area contributed by atoms with Crippen molar-refractivity contribution in [3.63, 3.8) is 0 Å². The lowest BCUT2D eigenvalue weighted by Gasteiger charge is -2.30. The maximum absolute atomic E-state index is 12.1. The van der Waals surface area contributed by atoms with Gasteiger partial charge in [-0.25, -0.2) is 0 Å². The molecule has 2 aliphatic heterocycles. The third-order valence-electron chi connectivity index (χ3n) is 4.82. The molecule has 0 unspecified atom stereocenters. The molecule has 1 N–H and O–H groups in total. The van der Waals surface area contributed by atoms with Gasteiger partial charge in [-0.1, -0.05) is 6.92 Å². The van der Waals surface area contributed by atoms with Crippen molar-refractivity contribution < 1.29 is 4.79 Å². The zero-order chi connectivity index (χ0) is 14.4. The molecular weight excluding hydrogens is 250 g/mol. The van der Waals surface area contributed by atoms with Crippen LogP contribution in [0.15, 0.2) is 0 Å². The van der Waals surface area contributed by atoms with Crippen molar-refractivity contribution in [2.24, 2.45) is 11.8 Å². The summed E-state index contributed by atoms with van der Waals surface area (Å²) in [6, 6.07) is 0. The van der Waals surface area contributed by atoms with E-state index in [1.807, 2.05) is 0 Å². The van der Waals surface area contributed by atoms with E-state index in [0.717, 1.165) is 51.4 Å². The number of nitrogens with one attached hydrogen (secondary N) is 1. The predicted molar refractivity (Wildman–Crippen MR) is 82.7 cm³/mol. The van der Waals surface area contributed by atoms with Crippen LogP contribution in [0.1, 0.15) is 39.0 Å². The number of nitrogens with zero attached hydrogens (tertiary/aromatic N) is 2. The summed E-state index contributed by atoms with van der Waals surface area (Å²) in [6.07, 6.45) is 5.96. The van der Waals surface area contributed by atoms with Gasteiger partial charge in [-0.3, -0.25) is 4.79 Å². The van der Waals surface area contributed by atoms with Gasteiger partial charge in [0.05, 0.1) is 5.92 Å². The summed E-state index contributed by atoms with van der Waals surface area (Å²) in [5, 5.41) is 3.13. The Morgan fingerprint density at radius 2 is 1.95 bits per heavy atom. The number of carbonyl (C=O) groups excluding carboxylic acids is 1. The first-order valence-electron chi connectivity index (χ1n) is 8.34. The number of rotatable bonds is 5. The van der Waals surface area contributed by atoms with Gasteiger partial charge in [-0.2, -0.15) is 0 Å². The van der Waals surface area contributed by atoms with Crippen LogP contribution in [0.25, 0.3) is 0 Å². The third kappa shape index (κ3) is 5.06. The van der Waals surface area contributed by atoms with Crippen molar-refractivity contribution in [3.8, 4) is 0 Å². The molecule has 4 heteroatoms. The van der Waals surface area contributed by atoms with Gasteiger partial charge in [-0.05, 0) is 71.2 Å². The molecule has 1 amide bonds. The average Bonchev–Trinajstić information content (AvgIpc) is 2.45. The van der Waals surface area contributed by atoms with Crippen LogP contribution in [0.3, 0.4) is 0 Å². The molecule has 1 atom stereocenters. The van der Waals surface area contributed by atoms with Crippen LogP contribution < -0.4 is 5.32 Å². The minimum absolute atomic E-state index is 0.213. The molecule has 2 aliphatic rings. The average molecular weight is 281 g/mol. The third-order valence-corrected chi connectivity index (χ3v) is 4.82. The van der Waals surface area contributed by atoms with Crippen molar-refractivity contribution in [1.29, 1.82) is 0 Å². The molecule has 0 radical (unpaired) electrons. The van der Waals surface area contributed by atoms with Crippen molar-refractivity contribution in [2.45, 2.75) is 39.0 Å². The number of hydrogen-bond acceptors (Lipinski definition) is 3. The summed E-state index contributed by atoms with van der Waals surface area (Å²) in [5.41, 5.74) is 0. The monoisotopic (exact) mass is 281 g/mol. The van der Waals surface area contributed by atoms with Gasteiger partial charge in [0, 0.05) is 13.1 Å². The van der Waals surface area contributed by atoms with E-state index in [-0.39, 0.29) is 11.8 Å². The Labute approximate surface area is 123 Å². The first-order valence-corrected chi connectivity index (χ1v) is 8.34. The van der Waals surface area contributed by atoms with Gasteiger partial charge < -0.3 is 15.1 Å². The molecule has 0 aromatic carbocycles. The Kier molecular flexibility index (Phi) is 6.30. The lowest BCUT2D eigenvalue weighted by molar-refractivity contribution is -0.126. The Morgan fingerprint density at radius 1 is 1.20 bits per heavy atom. The second-order valence-electron chi connectivity index (χ2n) is 6.77. The fourth-order valence-electron chi connectivity index (χ4n) is 3.32. The molecule has 2 saturated heterocycles. The number of piperidine rings is 2. The Balaban J connectivity index is 1.55. The molecule has 116 valence electrons. The summed E-state index contributed by atoms with van der Waals surface area (Å²) in [4.78, 5) is 16.9. The van der Waals surface area contributed by atoms with Crippen LogP contribution in [-0.4, -0.2) is 62.0 Å². The zero-order valence-corrected chi connectivity index (χ0v) is 13.2. The van der Waals surface area contributed by atoms with Crippen molar-refractivity contribution in [3.05, 3.63) is 0 Å². The molecule has 0 saturated carbocycles. The second-order valence-corrected chi connectivity index (χ2v) is 6.77. The lowest BCUT2D eigenvalue weighted by atomic mass is 9.97. The van der Waals surface area contributed by atoms with E-state index in [4.69, 9.17) is 0 Å². The van der Waals surface area contributed by atoms with Gasteiger partial charge in [-0.15, -0.1) is 0 Å². The van der Waals surface area contributed by atoms with E-state index < -0.39 is 0 Å². The molecule has 4 nitrogen and oxygen atoms in total. The first-order chi connectivity index (χ1) is 9.65. The number of carbonyl (C=O) groups is 1. The van der Waals surface area contributed by atoms with Crippen LogP contribution in [-0.2, 0) is 4.79 Å². The Bertz CT molecular complexity index is 300. The van der Waals surface area contributed by atoms with Crippen LogP contribution >= 0.6 is 0 Å². The van der Waals surface area contributed by atoms with E-state index in [2.05, 4.69) is 29.1 Å². The summed E-state index contributed by atoms with van der Waals surface area (Å²) < 4.78 is 0. The van der Waals surface area contributed by atoms with Crippen LogP contribution in [0.4, 0.5) is 0 Å². The van der Waals surface area contributed by atoms with Gasteiger partial charge in [0.1, 0.15) is 0 Å². The standard InChI is InChI=1S/C16H31N3O/c1-14-6-11-19(12-7-14)10-4-8-17-16(20)15-5-3-9-18(2)13-15/h14-15H,3-13H2,1-2H3,(H,17,20)/t15-/m0/s1. The summed E-state index contributed by atoms with van der Waals surface area (Å²) in [6.45, 7) is 8.86. The smallest absolute Gasteiger partial charge is 0.224 e. The molecule has 20 heavy (non-hydrogen) atoms. The number of hydrogen-bond donors (Lipinski definition) is 1. The maximum atomic E-state index is 12.1. The minimum atomic E-state index is 0.213. The Hall–Kier alpha value is -0.610. The topological polar surface area (TPSA) is 35.6 Å². The highest BCUT2D eigenvalue weighted by atomic mass is 16.1. The zero-order valence-electron chi connectivity index (χ0n) is 13.2. The van der Waals surface area contributed by atoms with Crippen LogP contribution in [0.2, 0.25) is 0 Å². The molecule has 0 aromatic rings. The highest BCUT2D eigenvalue weighted by molar-refractivity contribution is 5.78. The predicted octanol–water partition coefficient (Wildman–Crippen LogP) is 1.57. The van der Waals surface area contributed by atoms with Gasteiger partial charge in [0.2, 0.25) is 5.91 Å². The fraction of sp³-hybridized carbons (Fsp3) is 0.938. The quantitative estimate of drug-likeness (QED) is 0.777. The van der Waals surface area contributed by atoms with E-state index in [9.17, 15) is 4.79 Å². The molecule has 2 rings (SSSR count). The fourth-order valence-corrected chi connectivity index (χ4v) is 3.32. The van der Waals surface area contributed by atoms with Crippen LogP contribution in [0.5, 0.6) is 0 Å². The first kappa shape index (κ1) is 15.8. The minimum Gasteiger partial charge on any atom is -0.356 e. The maximum Gasteiger partial charge on any atom is 0.224 e. The molecule has 0 aromatic heterocycles. The highest BCUT2D eigenvalue weighted by Gasteiger charge is 2.23. The van der Waals surface area contributed by atoms with Gasteiger partial charge in [0.15, 0.2) is 0 Å². The van der Waals surface area contributed by atoms with Crippen molar-refractivity contribution >= 4 is 5.91 Å². The number of amides is 1. The summed E-state index contributed by atoms with van der Waals surface area (Å²) in [7, 11) is 2.11. The molecule has 2 heterocycles. The molecule has 0 spiro atoms. The normalized spacial score (nSPS) is 26.6. The van der Waals surface area contributed by atoms with Crippen molar-refractivity contribution in [2.75, 3.05) is 46.3 Å². The molecule has 2 fully saturated rings. The highest BCUT2D eigenvalue weighted by Crippen LogP contribution is 2.16. The van der Waals surface area contributed by atoms with Crippen LogP contribution in [0, 0.1) is 11.8 Å². The lowest BCUT2D eigenvalue weighted by Crippen LogP contribution is -2.42. The van der Waals surface area contributed by atoms with Gasteiger partial charge in [0.25, 0.3) is 0 Å².